The van der Waals surface area contributed by atoms with Crippen LogP contribution in [0.3, 0.4) is 0 Å². The van der Waals surface area contributed by atoms with E-state index >= 15 is 0 Å². The predicted molar refractivity (Wildman–Crippen MR) is 83.6 cm³/mol. The molecule has 1 N–H and O–H groups in total. The number of benzene rings is 1. The lowest BCUT2D eigenvalue weighted by atomic mass is 9.80. The largest absolute Gasteiger partial charge is 0.459 e. The van der Waals surface area contributed by atoms with Crippen LogP contribution in [0, 0.1) is 5.41 Å². The molecule has 1 aromatic rings. The summed E-state index contributed by atoms with van der Waals surface area (Å²) in [5.41, 5.74) is 0.284. The highest BCUT2D eigenvalue weighted by molar-refractivity contribution is 9.10. The van der Waals surface area contributed by atoms with E-state index in [4.69, 9.17) is 4.74 Å². The molecule has 1 unspecified atom stereocenters. The lowest BCUT2D eigenvalue weighted by molar-refractivity contribution is -0.166. The van der Waals surface area contributed by atoms with Crippen LogP contribution in [-0.2, 0) is 16.0 Å². The highest BCUT2D eigenvalue weighted by Gasteiger charge is 2.44. The molecule has 0 radical (unpaired) electrons. The van der Waals surface area contributed by atoms with Crippen LogP contribution in [0.25, 0.3) is 0 Å². The zero-order valence-corrected chi connectivity index (χ0v) is 13.9. The van der Waals surface area contributed by atoms with E-state index in [9.17, 15) is 4.79 Å². The smallest absolute Gasteiger partial charge is 0.314 e. The minimum atomic E-state index is -0.441. The molecule has 2 rings (SSSR count). The summed E-state index contributed by atoms with van der Waals surface area (Å²) < 4.78 is 6.68. The summed E-state index contributed by atoms with van der Waals surface area (Å²) in [6.07, 6.45) is 1.54. The van der Waals surface area contributed by atoms with Crippen molar-refractivity contribution >= 4 is 21.9 Å². The molecule has 0 aromatic heterocycles. The molecule has 110 valence electrons. The minimum Gasteiger partial charge on any atom is -0.459 e. The number of hydrogen-bond acceptors (Lipinski definition) is 3. The van der Waals surface area contributed by atoms with Crippen LogP contribution in [-0.4, -0.2) is 24.7 Å². The molecular weight excluding hydrogens is 318 g/mol. The van der Waals surface area contributed by atoms with Crippen LogP contribution < -0.4 is 5.32 Å². The molecule has 0 aliphatic carbocycles. The normalized spacial score (nSPS) is 22.8. The molecule has 0 amide bonds. The quantitative estimate of drug-likeness (QED) is 0.858. The van der Waals surface area contributed by atoms with Crippen molar-refractivity contribution in [2.24, 2.45) is 5.41 Å². The first-order valence-electron chi connectivity index (χ1n) is 6.99. The standard InChI is InChI=1S/C16H22BrNO2/c1-15(2,3)20-14(19)16(7-8-18-11-16)10-12-5-4-6-13(17)9-12/h4-6,9,18H,7-8,10-11H2,1-3H3. The number of halogens is 1. The number of hydrogen-bond donors (Lipinski definition) is 1. The second-order valence-corrected chi connectivity index (χ2v) is 7.43. The Labute approximate surface area is 129 Å². The van der Waals surface area contributed by atoms with E-state index < -0.39 is 11.0 Å². The van der Waals surface area contributed by atoms with Crippen molar-refractivity contribution in [3.63, 3.8) is 0 Å². The Balaban J connectivity index is 2.19. The van der Waals surface area contributed by atoms with E-state index in [2.05, 4.69) is 33.4 Å². The van der Waals surface area contributed by atoms with Gasteiger partial charge in [0.2, 0.25) is 0 Å². The Kier molecular flexibility index (Phi) is 4.55. The van der Waals surface area contributed by atoms with Crippen molar-refractivity contribution in [3.05, 3.63) is 34.3 Å². The van der Waals surface area contributed by atoms with Gasteiger partial charge in [-0.25, -0.2) is 0 Å². The number of esters is 1. The van der Waals surface area contributed by atoms with E-state index in [1.54, 1.807) is 0 Å². The molecular formula is C16H22BrNO2. The van der Waals surface area contributed by atoms with Gasteiger partial charge in [-0.3, -0.25) is 4.79 Å². The Hall–Kier alpha value is -0.870. The van der Waals surface area contributed by atoms with Crippen LogP contribution >= 0.6 is 15.9 Å². The number of nitrogens with one attached hydrogen (secondary N) is 1. The second kappa shape index (κ2) is 5.86. The molecule has 0 spiro atoms. The predicted octanol–water partition coefficient (Wildman–Crippen LogP) is 3.31. The summed E-state index contributed by atoms with van der Waals surface area (Å²) >= 11 is 3.48. The van der Waals surface area contributed by atoms with Gasteiger partial charge in [-0.1, -0.05) is 28.1 Å². The molecule has 20 heavy (non-hydrogen) atoms. The SMILES string of the molecule is CC(C)(C)OC(=O)C1(Cc2cccc(Br)c2)CCNC1. The van der Waals surface area contributed by atoms with Gasteiger partial charge < -0.3 is 10.1 Å². The fraction of sp³-hybridized carbons (Fsp3) is 0.562. The third-order valence-corrected chi connectivity index (χ3v) is 4.00. The van der Waals surface area contributed by atoms with Crippen molar-refractivity contribution in [2.45, 2.75) is 39.2 Å². The number of rotatable bonds is 3. The molecule has 1 heterocycles. The van der Waals surface area contributed by atoms with E-state index in [1.807, 2.05) is 32.9 Å². The van der Waals surface area contributed by atoms with Crippen molar-refractivity contribution in [3.8, 4) is 0 Å². The zero-order valence-electron chi connectivity index (χ0n) is 12.3. The van der Waals surface area contributed by atoms with E-state index in [0.29, 0.717) is 13.0 Å². The molecule has 0 saturated carbocycles. The molecule has 4 heteroatoms. The highest BCUT2D eigenvalue weighted by Crippen LogP contribution is 2.33. The summed E-state index contributed by atoms with van der Waals surface area (Å²) in [7, 11) is 0. The molecule has 1 aliphatic rings. The van der Waals surface area contributed by atoms with Crippen LogP contribution in [0.1, 0.15) is 32.8 Å². The van der Waals surface area contributed by atoms with Crippen LogP contribution in [0.5, 0.6) is 0 Å². The maximum absolute atomic E-state index is 12.6. The molecule has 1 aliphatic heterocycles. The van der Waals surface area contributed by atoms with Gasteiger partial charge in [-0.15, -0.1) is 0 Å². The molecule has 1 fully saturated rings. The summed E-state index contributed by atoms with van der Waals surface area (Å²) in [6, 6.07) is 8.14. The summed E-state index contributed by atoms with van der Waals surface area (Å²) in [5.74, 6) is -0.0880. The van der Waals surface area contributed by atoms with Gasteiger partial charge in [-0.2, -0.15) is 0 Å². The van der Waals surface area contributed by atoms with Gasteiger partial charge in [-0.05, 0) is 57.9 Å². The van der Waals surface area contributed by atoms with Crippen molar-refractivity contribution in [2.75, 3.05) is 13.1 Å². The Morgan fingerprint density at radius 3 is 2.75 bits per heavy atom. The van der Waals surface area contributed by atoms with Crippen molar-refractivity contribution in [1.29, 1.82) is 0 Å². The average Bonchev–Trinajstić information content (AvgIpc) is 2.76. The van der Waals surface area contributed by atoms with Gasteiger partial charge in [0.25, 0.3) is 0 Å². The average molecular weight is 340 g/mol. The number of ether oxygens (including phenoxy) is 1. The summed E-state index contributed by atoms with van der Waals surface area (Å²) in [4.78, 5) is 12.6. The third-order valence-electron chi connectivity index (χ3n) is 3.51. The fourth-order valence-corrected chi connectivity index (χ4v) is 3.01. The summed E-state index contributed by atoms with van der Waals surface area (Å²) in [6.45, 7) is 7.31. The van der Waals surface area contributed by atoms with Crippen LogP contribution in [0.2, 0.25) is 0 Å². The maximum atomic E-state index is 12.6. The molecule has 1 saturated heterocycles. The van der Waals surface area contributed by atoms with Crippen LogP contribution in [0.4, 0.5) is 0 Å². The monoisotopic (exact) mass is 339 g/mol. The topological polar surface area (TPSA) is 38.3 Å². The van der Waals surface area contributed by atoms with Gasteiger partial charge in [0.05, 0.1) is 5.41 Å². The lowest BCUT2D eigenvalue weighted by Gasteiger charge is -2.30. The van der Waals surface area contributed by atoms with Gasteiger partial charge in [0.1, 0.15) is 5.60 Å². The fourth-order valence-electron chi connectivity index (χ4n) is 2.57. The molecule has 1 aromatic carbocycles. The number of carbonyl (C=O) groups is 1. The third kappa shape index (κ3) is 3.83. The Bertz CT molecular complexity index is 487. The minimum absolute atomic E-state index is 0.0880. The zero-order chi connectivity index (χ0) is 14.8. The van der Waals surface area contributed by atoms with E-state index in [1.165, 1.54) is 0 Å². The molecule has 0 bridgehead atoms. The molecule has 3 nitrogen and oxygen atoms in total. The second-order valence-electron chi connectivity index (χ2n) is 6.52. The Morgan fingerprint density at radius 1 is 1.45 bits per heavy atom. The van der Waals surface area contributed by atoms with Gasteiger partial charge in [0, 0.05) is 11.0 Å². The van der Waals surface area contributed by atoms with Gasteiger partial charge >= 0.3 is 5.97 Å². The van der Waals surface area contributed by atoms with E-state index in [0.717, 1.165) is 23.0 Å². The van der Waals surface area contributed by atoms with E-state index in [-0.39, 0.29) is 5.97 Å². The summed E-state index contributed by atoms with van der Waals surface area (Å²) in [5, 5.41) is 3.30. The first kappa shape index (κ1) is 15.5. The van der Waals surface area contributed by atoms with Crippen molar-refractivity contribution in [1.82, 2.24) is 5.32 Å². The molecule has 1 atom stereocenters. The highest BCUT2D eigenvalue weighted by atomic mass is 79.9. The Morgan fingerprint density at radius 2 is 2.20 bits per heavy atom. The first-order valence-corrected chi connectivity index (χ1v) is 7.79. The van der Waals surface area contributed by atoms with Gasteiger partial charge in [0.15, 0.2) is 0 Å². The van der Waals surface area contributed by atoms with Crippen molar-refractivity contribution < 1.29 is 9.53 Å². The lowest BCUT2D eigenvalue weighted by Crippen LogP contribution is -2.41. The first-order chi connectivity index (χ1) is 9.31. The van der Waals surface area contributed by atoms with Crippen LogP contribution in [0.15, 0.2) is 28.7 Å². The maximum Gasteiger partial charge on any atom is 0.314 e. The number of carbonyl (C=O) groups excluding carboxylic acids is 1.